The summed E-state index contributed by atoms with van der Waals surface area (Å²) in [7, 11) is 0. The second-order valence-corrected chi connectivity index (χ2v) is 6.88. The molecule has 118 valence electrons. The first kappa shape index (κ1) is 16.5. The number of benzene rings is 2. The van der Waals surface area contributed by atoms with Gasteiger partial charge in [0.1, 0.15) is 0 Å². The Bertz CT molecular complexity index is 882. The molecule has 0 aliphatic rings. The van der Waals surface area contributed by atoms with Gasteiger partial charge in [-0.15, -0.1) is 0 Å². The Morgan fingerprint density at radius 2 is 1.96 bits per heavy atom. The van der Waals surface area contributed by atoms with Crippen LogP contribution in [0.25, 0.3) is 11.0 Å². The third kappa shape index (κ3) is 4.12. The summed E-state index contributed by atoms with van der Waals surface area (Å²) in [6.45, 7) is 0. The van der Waals surface area contributed by atoms with Gasteiger partial charge < -0.3 is 10.3 Å². The SMILES string of the molecule is O=C(CSc1nc2ccc(Cl)cc2[nH]1)Nc1ccc(Cl)c(Cl)c1. The number of H-pyrrole nitrogens is 1. The third-order valence-electron chi connectivity index (χ3n) is 2.97. The Morgan fingerprint density at radius 3 is 2.74 bits per heavy atom. The molecule has 0 unspecified atom stereocenters. The van der Waals surface area contributed by atoms with Crippen molar-refractivity contribution in [3.63, 3.8) is 0 Å². The topological polar surface area (TPSA) is 57.8 Å². The van der Waals surface area contributed by atoms with Crippen LogP contribution < -0.4 is 5.32 Å². The van der Waals surface area contributed by atoms with E-state index in [0.29, 0.717) is 25.9 Å². The Labute approximate surface area is 151 Å². The van der Waals surface area contributed by atoms with Crippen molar-refractivity contribution in [3.05, 3.63) is 51.5 Å². The zero-order chi connectivity index (χ0) is 16.4. The monoisotopic (exact) mass is 385 g/mol. The first-order chi connectivity index (χ1) is 11.0. The van der Waals surface area contributed by atoms with Gasteiger partial charge in [0.25, 0.3) is 0 Å². The van der Waals surface area contributed by atoms with Crippen LogP contribution >= 0.6 is 46.6 Å². The molecular formula is C15H10Cl3N3OS. The fraction of sp³-hybridized carbons (Fsp3) is 0.0667. The second kappa shape index (κ2) is 7.01. The Kier molecular flexibility index (Phi) is 5.02. The summed E-state index contributed by atoms with van der Waals surface area (Å²) in [6, 6.07) is 10.3. The molecular weight excluding hydrogens is 377 g/mol. The number of halogens is 3. The van der Waals surface area contributed by atoms with Gasteiger partial charge in [-0.3, -0.25) is 4.79 Å². The number of nitrogens with zero attached hydrogens (tertiary/aromatic N) is 1. The van der Waals surface area contributed by atoms with E-state index in [1.807, 2.05) is 6.07 Å². The molecule has 0 radical (unpaired) electrons. The molecule has 3 aromatic rings. The number of aromatic amines is 1. The smallest absolute Gasteiger partial charge is 0.234 e. The van der Waals surface area contributed by atoms with E-state index in [-0.39, 0.29) is 11.7 Å². The predicted octanol–water partition coefficient (Wildman–Crippen LogP) is 5.25. The lowest BCUT2D eigenvalue weighted by molar-refractivity contribution is -0.113. The molecule has 1 amide bonds. The maximum atomic E-state index is 12.0. The molecule has 0 fully saturated rings. The van der Waals surface area contributed by atoms with Gasteiger partial charge in [0, 0.05) is 10.7 Å². The van der Waals surface area contributed by atoms with Gasteiger partial charge in [0.15, 0.2) is 5.16 Å². The quantitative estimate of drug-likeness (QED) is 0.602. The Morgan fingerprint density at radius 1 is 1.13 bits per heavy atom. The van der Waals surface area contributed by atoms with Gasteiger partial charge in [-0.05, 0) is 36.4 Å². The van der Waals surface area contributed by atoms with Crippen LogP contribution in [-0.4, -0.2) is 21.6 Å². The minimum Gasteiger partial charge on any atom is -0.333 e. The van der Waals surface area contributed by atoms with Crippen LogP contribution in [0.15, 0.2) is 41.6 Å². The summed E-state index contributed by atoms with van der Waals surface area (Å²) < 4.78 is 0. The average Bonchev–Trinajstić information content (AvgIpc) is 2.91. The Balaban J connectivity index is 1.62. The molecule has 0 saturated carbocycles. The number of hydrogen-bond donors (Lipinski definition) is 2. The number of hydrogen-bond acceptors (Lipinski definition) is 3. The lowest BCUT2D eigenvalue weighted by Crippen LogP contribution is -2.14. The number of aromatic nitrogens is 2. The summed E-state index contributed by atoms with van der Waals surface area (Å²) in [5, 5.41) is 4.89. The van der Waals surface area contributed by atoms with Crippen LogP contribution in [0.1, 0.15) is 0 Å². The van der Waals surface area contributed by atoms with Crippen LogP contribution in [0.4, 0.5) is 5.69 Å². The van der Waals surface area contributed by atoms with Crippen LogP contribution in [0, 0.1) is 0 Å². The number of imidazole rings is 1. The summed E-state index contributed by atoms with van der Waals surface area (Å²) in [6.07, 6.45) is 0. The van der Waals surface area contributed by atoms with Crippen molar-refractivity contribution in [3.8, 4) is 0 Å². The fourth-order valence-electron chi connectivity index (χ4n) is 1.93. The maximum absolute atomic E-state index is 12.0. The molecule has 23 heavy (non-hydrogen) atoms. The van der Waals surface area contributed by atoms with Crippen LogP contribution in [0.3, 0.4) is 0 Å². The van der Waals surface area contributed by atoms with Crippen LogP contribution in [0.2, 0.25) is 15.1 Å². The summed E-state index contributed by atoms with van der Waals surface area (Å²) in [4.78, 5) is 19.5. The van der Waals surface area contributed by atoms with E-state index in [1.165, 1.54) is 11.8 Å². The van der Waals surface area contributed by atoms with E-state index in [1.54, 1.807) is 30.3 Å². The fourth-order valence-corrected chi connectivity index (χ4v) is 3.09. The highest BCUT2D eigenvalue weighted by molar-refractivity contribution is 7.99. The molecule has 0 atom stereocenters. The molecule has 3 rings (SSSR count). The van der Waals surface area contributed by atoms with E-state index in [2.05, 4.69) is 15.3 Å². The van der Waals surface area contributed by atoms with Crippen molar-refractivity contribution >= 4 is 69.2 Å². The summed E-state index contributed by atoms with van der Waals surface area (Å²) in [5.41, 5.74) is 2.24. The first-order valence-electron chi connectivity index (χ1n) is 6.54. The maximum Gasteiger partial charge on any atom is 0.234 e. The lowest BCUT2D eigenvalue weighted by atomic mass is 10.3. The van der Waals surface area contributed by atoms with Gasteiger partial charge in [-0.25, -0.2) is 4.98 Å². The van der Waals surface area contributed by atoms with Crippen molar-refractivity contribution in [1.82, 2.24) is 9.97 Å². The zero-order valence-corrected chi connectivity index (χ0v) is 14.7. The Hall–Kier alpha value is -1.40. The third-order valence-corrected chi connectivity index (χ3v) is 4.81. The van der Waals surface area contributed by atoms with Gasteiger partial charge in [0.2, 0.25) is 5.91 Å². The van der Waals surface area contributed by atoms with Crippen molar-refractivity contribution in [1.29, 1.82) is 0 Å². The van der Waals surface area contributed by atoms with E-state index in [0.717, 1.165) is 11.0 Å². The zero-order valence-electron chi connectivity index (χ0n) is 11.6. The molecule has 0 spiro atoms. The van der Waals surface area contributed by atoms with E-state index < -0.39 is 0 Å². The van der Waals surface area contributed by atoms with E-state index in [9.17, 15) is 4.79 Å². The number of amides is 1. The molecule has 0 saturated heterocycles. The van der Waals surface area contributed by atoms with Crippen molar-refractivity contribution in [2.45, 2.75) is 5.16 Å². The molecule has 4 nitrogen and oxygen atoms in total. The highest BCUT2D eigenvalue weighted by atomic mass is 35.5. The average molecular weight is 387 g/mol. The molecule has 8 heteroatoms. The molecule has 1 heterocycles. The van der Waals surface area contributed by atoms with Gasteiger partial charge in [0.05, 0.1) is 26.8 Å². The molecule has 1 aromatic heterocycles. The van der Waals surface area contributed by atoms with Crippen molar-refractivity contribution < 1.29 is 4.79 Å². The van der Waals surface area contributed by atoms with Gasteiger partial charge >= 0.3 is 0 Å². The molecule has 0 bridgehead atoms. The highest BCUT2D eigenvalue weighted by Gasteiger charge is 2.08. The van der Waals surface area contributed by atoms with Crippen molar-refractivity contribution in [2.24, 2.45) is 0 Å². The van der Waals surface area contributed by atoms with E-state index in [4.69, 9.17) is 34.8 Å². The van der Waals surface area contributed by atoms with Crippen molar-refractivity contribution in [2.75, 3.05) is 11.1 Å². The molecule has 0 aliphatic carbocycles. The molecule has 2 N–H and O–H groups in total. The number of fused-ring (bicyclic) bond motifs is 1. The summed E-state index contributed by atoms with van der Waals surface area (Å²) >= 11 is 19.0. The summed E-state index contributed by atoms with van der Waals surface area (Å²) in [5.74, 6) is 0.0558. The number of anilines is 1. The minimum atomic E-state index is -0.160. The van der Waals surface area contributed by atoms with Gasteiger partial charge in [-0.2, -0.15) is 0 Å². The lowest BCUT2D eigenvalue weighted by Gasteiger charge is -2.05. The highest BCUT2D eigenvalue weighted by Crippen LogP contribution is 2.26. The number of carbonyl (C=O) groups is 1. The first-order valence-corrected chi connectivity index (χ1v) is 8.66. The van der Waals surface area contributed by atoms with E-state index >= 15 is 0 Å². The predicted molar refractivity (Wildman–Crippen MR) is 96.9 cm³/mol. The number of thioether (sulfide) groups is 1. The normalized spacial score (nSPS) is 10.9. The minimum absolute atomic E-state index is 0.160. The number of carbonyl (C=O) groups excluding carboxylic acids is 1. The standard InChI is InChI=1S/C15H10Cl3N3OS/c16-8-1-4-12-13(5-8)21-15(20-12)23-7-14(22)19-9-2-3-10(17)11(18)6-9/h1-6H,7H2,(H,19,22)(H,20,21). The second-order valence-electron chi connectivity index (χ2n) is 4.67. The largest absolute Gasteiger partial charge is 0.333 e. The molecule has 0 aliphatic heterocycles. The molecule has 2 aromatic carbocycles. The van der Waals surface area contributed by atoms with Gasteiger partial charge in [-0.1, -0.05) is 46.6 Å². The van der Waals surface area contributed by atoms with Crippen LogP contribution in [-0.2, 0) is 4.79 Å². The van der Waals surface area contributed by atoms with Crippen LogP contribution in [0.5, 0.6) is 0 Å². The number of nitrogens with one attached hydrogen (secondary N) is 2. The number of rotatable bonds is 4.